The number of aliphatic hydroxyl groups excluding tert-OH is 1. The van der Waals surface area contributed by atoms with Crippen molar-refractivity contribution < 1.29 is 9.90 Å². The van der Waals surface area contributed by atoms with Gasteiger partial charge in [-0.1, -0.05) is 0 Å². The molecular weight excluding hydrogens is 192 g/mol. The summed E-state index contributed by atoms with van der Waals surface area (Å²) in [7, 11) is 0. The highest BCUT2D eigenvalue weighted by Gasteiger charge is 2.33. The van der Waals surface area contributed by atoms with Crippen LogP contribution in [-0.4, -0.2) is 59.6 Å². The Hall–Kier alpha value is -0.610. The monoisotopic (exact) mass is 212 g/mol. The van der Waals surface area contributed by atoms with Gasteiger partial charge in [-0.15, -0.1) is 0 Å². The van der Waals surface area contributed by atoms with Crippen LogP contribution in [-0.2, 0) is 4.79 Å². The number of hydrogen-bond acceptors (Lipinski definition) is 3. The summed E-state index contributed by atoms with van der Waals surface area (Å²) in [6.45, 7) is 3.63. The Morgan fingerprint density at radius 2 is 1.93 bits per heavy atom. The van der Waals surface area contributed by atoms with Gasteiger partial charge >= 0.3 is 0 Å². The van der Waals surface area contributed by atoms with E-state index in [1.807, 2.05) is 4.90 Å². The van der Waals surface area contributed by atoms with Crippen molar-refractivity contribution in [2.45, 2.75) is 31.7 Å². The number of nitrogens with zero attached hydrogens (tertiary/aromatic N) is 2. The quantitative estimate of drug-likeness (QED) is 0.720. The number of likely N-dealkylation sites (tertiary alicyclic amines) is 2. The first kappa shape index (κ1) is 10.9. The zero-order valence-electron chi connectivity index (χ0n) is 9.19. The highest BCUT2D eigenvalue weighted by atomic mass is 16.3. The average Bonchev–Trinajstić information content (AvgIpc) is 2.87. The van der Waals surface area contributed by atoms with Gasteiger partial charge in [-0.05, 0) is 32.2 Å². The van der Waals surface area contributed by atoms with Crippen LogP contribution in [0.3, 0.4) is 0 Å². The molecule has 0 radical (unpaired) electrons. The predicted molar refractivity (Wildman–Crippen MR) is 57.5 cm³/mol. The molecule has 0 unspecified atom stereocenters. The Morgan fingerprint density at radius 1 is 1.20 bits per heavy atom. The topological polar surface area (TPSA) is 43.8 Å². The lowest BCUT2D eigenvalue weighted by Gasteiger charge is -2.26. The molecule has 0 saturated carbocycles. The zero-order chi connectivity index (χ0) is 10.7. The fourth-order valence-corrected chi connectivity index (χ4v) is 2.65. The normalized spacial score (nSPS) is 27.5. The lowest BCUT2D eigenvalue weighted by atomic mass is 10.2. The molecule has 0 bridgehead atoms. The van der Waals surface area contributed by atoms with Crippen molar-refractivity contribution in [1.29, 1.82) is 0 Å². The van der Waals surface area contributed by atoms with Crippen LogP contribution >= 0.6 is 0 Å². The van der Waals surface area contributed by atoms with Crippen LogP contribution in [0.1, 0.15) is 25.7 Å². The first-order chi connectivity index (χ1) is 7.33. The maximum Gasteiger partial charge on any atom is 0.239 e. The van der Waals surface area contributed by atoms with E-state index in [9.17, 15) is 4.79 Å². The van der Waals surface area contributed by atoms with E-state index in [0.29, 0.717) is 12.5 Å². The van der Waals surface area contributed by atoms with Crippen molar-refractivity contribution in [3.8, 4) is 0 Å². The fraction of sp³-hybridized carbons (Fsp3) is 0.909. The molecule has 15 heavy (non-hydrogen) atoms. The van der Waals surface area contributed by atoms with E-state index in [-0.39, 0.29) is 12.6 Å². The predicted octanol–water partition coefficient (Wildman–Crippen LogP) is 0.0655. The van der Waals surface area contributed by atoms with E-state index in [1.165, 1.54) is 0 Å². The summed E-state index contributed by atoms with van der Waals surface area (Å²) in [4.78, 5) is 16.2. The van der Waals surface area contributed by atoms with Crippen LogP contribution in [0.15, 0.2) is 0 Å². The van der Waals surface area contributed by atoms with Gasteiger partial charge in [0.2, 0.25) is 5.91 Å². The van der Waals surface area contributed by atoms with Crippen LogP contribution in [0, 0.1) is 0 Å². The van der Waals surface area contributed by atoms with Crippen LogP contribution in [0.25, 0.3) is 0 Å². The van der Waals surface area contributed by atoms with Gasteiger partial charge in [0.25, 0.3) is 0 Å². The minimum atomic E-state index is 0.0512. The second-order valence-electron chi connectivity index (χ2n) is 4.45. The van der Waals surface area contributed by atoms with Gasteiger partial charge in [0.15, 0.2) is 0 Å². The summed E-state index contributed by atoms with van der Waals surface area (Å²) in [6.07, 6.45) is 4.36. The molecule has 0 aliphatic carbocycles. The van der Waals surface area contributed by atoms with Gasteiger partial charge in [-0.2, -0.15) is 0 Å². The molecule has 0 aromatic carbocycles. The van der Waals surface area contributed by atoms with Gasteiger partial charge in [-0.25, -0.2) is 0 Å². The summed E-state index contributed by atoms with van der Waals surface area (Å²) in [6, 6.07) is 0.0512. The minimum Gasteiger partial charge on any atom is -0.395 e. The number of carbonyl (C=O) groups excluding carboxylic acids is 1. The summed E-state index contributed by atoms with van der Waals surface area (Å²) in [5.74, 6) is 0.290. The third-order valence-corrected chi connectivity index (χ3v) is 3.45. The Labute approximate surface area is 90.9 Å². The van der Waals surface area contributed by atoms with E-state index in [0.717, 1.165) is 45.3 Å². The number of aliphatic hydroxyl groups is 1. The Morgan fingerprint density at radius 3 is 2.60 bits per heavy atom. The van der Waals surface area contributed by atoms with Gasteiger partial charge in [0.1, 0.15) is 0 Å². The zero-order valence-corrected chi connectivity index (χ0v) is 9.19. The Balaban J connectivity index is 1.92. The number of β-amino-alcohol motifs (C(OH)–C–C–N with tert-alkyl or cyclic N) is 1. The summed E-state index contributed by atoms with van der Waals surface area (Å²) in [5, 5.41) is 8.92. The van der Waals surface area contributed by atoms with Crippen LogP contribution in [0.4, 0.5) is 0 Å². The maximum atomic E-state index is 12.1. The molecule has 4 heteroatoms. The van der Waals surface area contributed by atoms with Crippen molar-refractivity contribution in [1.82, 2.24) is 9.80 Å². The second kappa shape index (κ2) is 4.94. The molecular formula is C11H20N2O2. The highest BCUT2D eigenvalue weighted by molar-refractivity contribution is 5.82. The number of hydrogen-bond donors (Lipinski definition) is 1. The molecule has 1 atom stereocenters. The van der Waals surface area contributed by atoms with Crippen molar-refractivity contribution in [2.24, 2.45) is 0 Å². The van der Waals surface area contributed by atoms with Gasteiger partial charge < -0.3 is 10.0 Å². The standard InChI is InChI=1S/C11H20N2O2/c14-9-8-12-7-3-4-10(12)11(15)13-5-1-2-6-13/h10,14H,1-9H2/t10-/m0/s1. The molecule has 0 aromatic rings. The van der Waals surface area contributed by atoms with E-state index in [2.05, 4.69) is 4.90 Å². The van der Waals surface area contributed by atoms with E-state index >= 15 is 0 Å². The first-order valence-corrected chi connectivity index (χ1v) is 5.96. The van der Waals surface area contributed by atoms with E-state index < -0.39 is 0 Å². The molecule has 2 rings (SSSR count). The van der Waals surface area contributed by atoms with Crippen LogP contribution in [0.2, 0.25) is 0 Å². The maximum absolute atomic E-state index is 12.1. The van der Waals surface area contributed by atoms with Crippen molar-refractivity contribution in [3.05, 3.63) is 0 Å². The minimum absolute atomic E-state index is 0.0512. The van der Waals surface area contributed by atoms with Gasteiger partial charge in [0.05, 0.1) is 12.6 Å². The van der Waals surface area contributed by atoms with Crippen molar-refractivity contribution in [2.75, 3.05) is 32.8 Å². The van der Waals surface area contributed by atoms with Crippen molar-refractivity contribution >= 4 is 5.91 Å². The molecule has 2 saturated heterocycles. The van der Waals surface area contributed by atoms with Crippen LogP contribution < -0.4 is 0 Å². The summed E-state index contributed by atoms with van der Waals surface area (Å²) in [5.41, 5.74) is 0. The van der Waals surface area contributed by atoms with Gasteiger partial charge in [-0.3, -0.25) is 9.69 Å². The lowest BCUT2D eigenvalue weighted by Crippen LogP contribution is -2.45. The first-order valence-electron chi connectivity index (χ1n) is 5.96. The lowest BCUT2D eigenvalue weighted by molar-refractivity contribution is -0.135. The van der Waals surface area contributed by atoms with Gasteiger partial charge in [0, 0.05) is 19.6 Å². The number of amides is 1. The fourth-order valence-electron chi connectivity index (χ4n) is 2.65. The molecule has 1 N–H and O–H groups in total. The van der Waals surface area contributed by atoms with E-state index in [4.69, 9.17) is 5.11 Å². The third kappa shape index (κ3) is 2.32. The summed E-state index contributed by atoms with van der Waals surface area (Å²) < 4.78 is 0. The molecule has 4 nitrogen and oxygen atoms in total. The Kier molecular flexibility index (Phi) is 3.59. The third-order valence-electron chi connectivity index (χ3n) is 3.45. The molecule has 0 spiro atoms. The molecule has 2 aliphatic rings. The molecule has 86 valence electrons. The molecule has 2 fully saturated rings. The number of rotatable bonds is 3. The SMILES string of the molecule is O=C([C@@H]1CCCN1CCO)N1CCCC1. The number of carbonyl (C=O) groups is 1. The van der Waals surface area contributed by atoms with Crippen molar-refractivity contribution in [3.63, 3.8) is 0 Å². The highest BCUT2D eigenvalue weighted by Crippen LogP contribution is 2.20. The second-order valence-corrected chi connectivity index (χ2v) is 4.45. The van der Waals surface area contributed by atoms with Crippen LogP contribution in [0.5, 0.6) is 0 Å². The molecule has 0 aromatic heterocycles. The largest absolute Gasteiger partial charge is 0.395 e. The van der Waals surface area contributed by atoms with E-state index in [1.54, 1.807) is 0 Å². The summed E-state index contributed by atoms with van der Waals surface area (Å²) >= 11 is 0. The molecule has 2 heterocycles. The molecule has 1 amide bonds. The smallest absolute Gasteiger partial charge is 0.239 e. The average molecular weight is 212 g/mol. The molecule has 2 aliphatic heterocycles. The Bertz CT molecular complexity index is 227.